The Kier molecular flexibility index (Phi) is 4.32. The molecule has 0 aromatic rings. The van der Waals surface area contributed by atoms with Gasteiger partial charge in [0.25, 0.3) is 0 Å². The predicted molar refractivity (Wildman–Crippen MR) is 81.7 cm³/mol. The highest BCUT2D eigenvalue weighted by Gasteiger charge is 2.46. The second-order valence-electron chi connectivity index (χ2n) is 6.78. The van der Waals surface area contributed by atoms with Gasteiger partial charge in [0.2, 0.25) is 11.8 Å². The third-order valence-corrected chi connectivity index (χ3v) is 5.20. The Morgan fingerprint density at radius 3 is 2.62 bits per heavy atom. The number of piperazine rings is 1. The maximum absolute atomic E-state index is 12.8. The van der Waals surface area contributed by atoms with Crippen LogP contribution in [0, 0.1) is 0 Å². The molecule has 0 aromatic carbocycles. The molecule has 1 saturated carbocycles. The molecule has 0 radical (unpaired) electrons. The first-order chi connectivity index (χ1) is 10.2. The van der Waals surface area contributed by atoms with Crippen molar-refractivity contribution < 1.29 is 9.59 Å². The zero-order chi connectivity index (χ0) is 14.7. The minimum absolute atomic E-state index is 0.0223. The average molecular weight is 290 g/mol. The van der Waals surface area contributed by atoms with E-state index in [1.165, 1.54) is 37.7 Å². The molecular formula is C17H26N2O2. The molecule has 3 rings (SSSR count). The van der Waals surface area contributed by atoms with E-state index >= 15 is 0 Å². The van der Waals surface area contributed by atoms with Crippen molar-refractivity contribution in [1.29, 1.82) is 0 Å². The van der Waals surface area contributed by atoms with Gasteiger partial charge < -0.3 is 10.2 Å². The van der Waals surface area contributed by atoms with Crippen LogP contribution in [0.2, 0.25) is 0 Å². The van der Waals surface area contributed by atoms with Crippen LogP contribution < -0.4 is 5.32 Å². The van der Waals surface area contributed by atoms with E-state index in [0.29, 0.717) is 6.54 Å². The molecule has 1 aliphatic heterocycles. The van der Waals surface area contributed by atoms with E-state index in [0.717, 1.165) is 32.1 Å². The van der Waals surface area contributed by atoms with E-state index in [2.05, 4.69) is 11.4 Å². The van der Waals surface area contributed by atoms with Gasteiger partial charge in [-0.1, -0.05) is 30.9 Å². The smallest absolute Gasteiger partial charge is 0.248 e. The lowest BCUT2D eigenvalue weighted by molar-refractivity contribution is -0.151. The van der Waals surface area contributed by atoms with Crippen molar-refractivity contribution in [3.8, 4) is 0 Å². The first-order valence-corrected chi connectivity index (χ1v) is 8.48. The summed E-state index contributed by atoms with van der Waals surface area (Å²) in [5, 5.41) is 3.00. The largest absolute Gasteiger partial charge is 0.340 e. The Labute approximate surface area is 127 Å². The van der Waals surface area contributed by atoms with Crippen molar-refractivity contribution in [3.63, 3.8) is 0 Å². The second kappa shape index (κ2) is 6.20. The average Bonchev–Trinajstić information content (AvgIpc) is 2.51. The van der Waals surface area contributed by atoms with E-state index in [4.69, 9.17) is 0 Å². The van der Waals surface area contributed by atoms with Crippen LogP contribution in [0.4, 0.5) is 0 Å². The standard InChI is InChI=1S/C17H26N2O2/c20-15-13-19(12-9-14-7-3-1-4-8-14)16(21)17(18-15)10-5-2-6-11-17/h7H,1-6,8-13H2,(H,18,20). The maximum Gasteiger partial charge on any atom is 0.248 e. The lowest BCUT2D eigenvalue weighted by atomic mass is 9.79. The predicted octanol–water partition coefficient (Wildman–Crippen LogP) is 2.54. The van der Waals surface area contributed by atoms with Gasteiger partial charge in [0.1, 0.15) is 5.54 Å². The zero-order valence-corrected chi connectivity index (χ0v) is 12.8. The zero-order valence-electron chi connectivity index (χ0n) is 12.8. The summed E-state index contributed by atoms with van der Waals surface area (Å²) in [6.07, 6.45) is 13.1. The van der Waals surface area contributed by atoms with E-state index in [9.17, 15) is 9.59 Å². The summed E-state index contributed by atoms with van der Waals surface area (Å²) >= 11 is 0. The molecule has 4 nitrogen and oxygen atoms in total. The van der Waals surface area contributed by atoms with Crippen molar-refractivity contribution >= 4 is 11.8 Å². The summed E-state index contributed by atoms with van der Waals surface area (Å²) in [6, 6.07) is 0. The van der Waals surface area contributed by atoms with Crippen LogP contribution >= 0.6 is 0 Å². The molecule has 2 fully saturated rings. The Bertz CT molecular complexity index is 450. The normalized spacial score (nSPS) is 25.7. The van der Waals surface area contributed by atoms with Gasteiger partial charge in [0.15, 0.2) is 0 Å². The Hall–Kier alpha value is -1.32. The van der Waals surface area contributed by atoms with Crippen LogP contribution in [0.3, 0.4) is 0 Å². The summed E-state index contributed by atoms with van der Waals surface area (Å²) in [5.74, 6) is 0.187. The fourth-order valence-corrected chi connectivity index (χ4v) is 3.99. The summed E-state index contributed by atoms with van der Waals surface area (Å²) in [4.78, 5) is 26.6. The number of hydrogen-bond acceptors (Lipinski definition) is 2. The number of hydrogen-bond donors (Lipinski definition) is 1. The van der Waals surface area contributed by atoms with Crippen LogP contribution in [0.25, 0.3) is 0 Å². The molecule has 0 unspecified atom stereocenters. The SMILES string of the molecule is O=C1CN(CCC2=CCCCC2)C(=O)C2(CCCCC2)N1. The highest BCUT2D eigenvalue weighted by Crippen LogP contribution is 2.32. The van der Waals surface area contributed by atoms with E-state index in [1.54, 1.807) is 4.90 Å². The van der Waals surface area contributed by atoms with Crippen LogP contribution in [0.1, 0.15) is 64.2 Å². The van der Waals surface area contributed by atoms with Crippen LogP contribution in [0.15, 0.2) is 11.6 Å². The van der Waals surface area contributed by atoms with Gasteiger partial charge in [-0.25, -0.2) is 0 Å². The quantitative estimate of drug-likeness (QED) is 0.812. The fraction of sp³-hybridized carbons (Fsp3) is 0.765. The molecule has 1 heterocycles. The van der Waals surface area contributed by atoms with Gasteiger partial charge in [-0.05, 0) is 44.9 Å². The molecule has 116 valence electrons. The highest BCUT2D eigenvalue weighted by molar-refractivity contribution is 5.98. The highest BCUT2D eigenvalue weighted by atomic mass is 16.2. The summed E-state index contributed by atoms with van der Waals surface area (Å²) in [6.45, 7) is 0.952. The number of nitrogens with one attached hydrogen (secondary N) is 1. The number of rotatable bonds is 3. The number of amides is 2. The van der Waals surface area contributed by atoms with E-state index < -0.39 is 5.54 Å². The number of carbonyl (C=O) groups excluding carboxylic acids is 2. The lowest BCUT2D eigenvalue weighted by Crippen LogP contribution is -2.67. The number of carbonyl (C=O) groups is 2. The monoisotopic (exact) mass is 290 g/mol. The van der Waals surface area contributed by atoms with Gasteiger partial charge in [0, 0.05) is 6.54 Å². The minimum atomic E-state index is -0.575. The van der Waals surface area contributed by atoms with Crippen LogP contribution in [0.5, 0.6) is 0 Å². The Morgan fingerprint density at radius 1 is 1.10 bits per heavy atom. The fourth-order valence-electron chi connectivity index (χ4n) is 3.99. The van der Waals surface area contributed by atoms with Gasteiger partial charge in [-0.15, -0.1) is 0 Å². The first-order valence-electron chi connectivity index (χ1n) is 8.48. The number of nitrogens with zero attached hydrogens (tertiary/aromatic N) is 1. The van der Waals surface area contributed by atoms with Gasteiger partial charge >= 0.3 is 0 Å². The molecule has 3 aliphatic rings. The summed E-state index contributed by atoms with van der Waals surface area (Å²) in [7, 11) is 0. The van der Waals surface area contributed by atoms with Crippen LogP contribution in [-0.2, 0) is 9.59 Å². The lowest BCUT2D eigenvalue weighted by Gasteiger charge is -2.44. The molecular weight excluding hydrogens is 264 g/mol. The molecule has 2 aliphatic carbocycles. The molecule has 0 aromatic heterocycles. The van der Waals surface area contributed by atoms with Crippen molar-refractivity contribution in [2.24, 2.45) is 0 Å². The van der Waals surface area contributed by atoms with Crippen LogP contribution in [-0.4, -0.2) is 35.3 Å². The number of allylic oxidation sites excluding steroid dienone is 1. The van der Waals surface area contributed by atoms with E-state index in [-0.39, 0.29) is 18.4 Å². The molecule has 0 atom stereocenters. The Morgan fingerprint density at radius 2 is 1.90 bits per heavy atom. The van der Waals surface area contributed by atoms with Crippen molar-refractivity contribution in [1.82, 2.24) is 10.2 Å². The molecule has 2 amide bonds. The van der Waals surface area contributed by atoms with Gasteiger partial charge in [-0.3, -0.25) is 9.59 Å². The first kappa shape index (κ1) is 14.6. The van der Waals surface area contributed by atoms with Gasteiger partial charge in [-0.2, -0.15) is 0 Å². The molecule has 1 N–H and O–H groups in total. The second-order valence-corrected chi connectivity index (χ2v) is 6.78. The molecule has 1 spiro atoms. The van der Waals surface area contributed by atoms with Crippen molar-refractivity contribution in [3.05, 3.63) is 11.6 Å². The maximum atomic E-state index is 12.8. The third kappa shape index (κ3) is 3.14. The molecule has 0 bridgehead atoms. The summed E-state index contributed by atoms with van der Waals surface area (Å²) < 4.78 is 0. The molecule has 1 saturated heterocycles. The molecule has 4 heteroatoms. The minimum Gasteiger partial charge on any atom is -0.340 e. The summed E-state index contributed by atoms with van der Waals surface area (Å²) in [5.41, 5.74) is 0.895. The Balaban J connectivity index is 1.65. The van der Waals surface area contributed by atoms with Gasteiger partial charge in [0.05, 0.1) is 6.54 Å². The van der Waals surface area contributed by atoms with Crippen molar-refractivity contribution in [2.75, 3.05) is 13.1 Å². The molecule has 21 heavy (non-hydrogen) atoms. The van der Waals surface area contributed by atoms with Crippen molar-refractivity contribution in [2.45, 2.75) is 69.7 Å². The van der Waals surface area contributed by atoms with E-state index in [1.807, 2.05) is 0 Å². The topological polar surface area (TPSA) is 49.4 Å². The third-order valence-electron chi connectivity index (χ3n) is 5.20.